The summed E-state index contributed by atoms with van der Waals surface area (Å²) in [5, 5.41) is 7.48. The minimum atomic E-state index is -1.05. The van der Waals surface area contributed by atoms with E-state index < -0.39 is 23.8 Å². The van der Waals surface area contributed by atoms with Gasteiger partial charge in [-0.15, -0.1) is 5.10 Å². The van der Waals surface area contributed by atoms with Gasteiger partial charge in [-0.3, -0.25) is 9.59 Å². The van der Waals surface area contributed by atoms with Crippen LogP contribution in [-0.4, -0.2) is 43.8 Å². The van der Waals surface area contributed by atoms with Gasteiger partial charge in [0.15, 0.2) is 6.10 Å². The lowest BCUT2D eigenvalue weighted by atomic mass is 10.1. The van der Waals surface area contributed by atoms with Gasteiger partial charge in [-0.2, -0.15) is 4.98 Å². The number of ether oxygens (including phenoxy) is 1. The van der Waals surface area contributed by atoms with Crippen molar-refractivity contribution >= 4 is 35.1 Å². The SMILES string of the molecule is CSc1nc2nc(C)c(CC(=O)OC(C)C(=O)Nc3ccc(C)c(F)c3)c(C)n2n1. The van der Waals surface area contributed by atoms with Crippen molar-refractivity contribution in [3.05, 3.63) is 46.5 Å². The van der Waals surface area contributed by atoms with Crippen LogP contribution < -0.4 is 5.32 Å². The van der Waals surface area contributed by atoms with Gasteiger partial charge in [0.2, 0.25) is 5.16 Å². The van der Waals surface area contributed by atoms with Crippen LogP contribution in [0.15, 0.2) is 23.4 Å². The molecule has 0 radical (unpaired) electrons. The number of benzene rings is 1. The number of carbonyl (C=O) groups is 2. The highest BCUT2D eigenvalue weighted by molar-refractivity contribution is 7.98. The summed E-state index contributed by atoms with van der Waals surface area (Å²) in [5.41, 5.74) is 2.81. The summed E-state index contributed by atoms with van der Waals surface area (Å²) in [5.74, 6) is -1.09. The average molecular weight is 431 g/mol. The molecule has 1 atom stereocenters. The number of hydrogen-bond acceptors (Lipinski definition) is 7. The van der Waals surface area contributed by atoms with E-state index in [1.165, 1.54) is 24.8 Å². The zero-order valence-corrected chi connectivity index (χ0v) is 18.1. The standard InChI is InChI=1S/C20H22FN5O3S/c1-10-6-7-14(8-16(10)21)23-18(28)13(4)29-17(27)9-15-11(2)22-19-24-20(30-5)25-26(19)12(15)3/h6-8,13H,9H2,1-5H3,(H,23,28). The van der Waals surface area contributed by atoms with Crippen molar-refractivity contribution in [1.82, 2.24) is 19.6 Å². The zero-order valence-electron chi connectivity index (χ0n) is 17.3. The molecule has 0 aliphatic heterocycles. The molecule has 30 heavy (non-hydrogen) atoms. The molecular weight excluding hydrogens is 409 g/mol. The van der Waals surface area contributed by atoms with E-state index in [9.17, 15) is 14.0 Å². The van der Waals surface area contributed by atoms with E-state index >= 15 is 0 Å². The monoisotopic (exact) mass is 431 g/mol. The fourth-order valence-corrected chi connectivity index (χ4v) is 3.22. The van der Waals surface area contributed by atoms with Crippen molar-refractivity contribution in [3.63, 3.8) is 0 Å². The fourth-order valence-electron chi connectivity index (χ4n) is 2.88. The Labute approximate surface area is 177 Å². The zero-order chi connectivity index (χ0) is 22.0. The van der Waals surface area contributed by atoms with Crippen LogP contribution in [0.5, 0.6) is 0 Å². The number of nitrogens with zero attached hydrogens (tertiary/aromatic N) is 4. The summed E-state index contributed by atoms with van der Waals surface area (Å²) in [6, 6.07) is 4.36. The van der Waals surface area contributed by atoms with Crippen LogP contribution in [0.1, 0.15) is 29.4 Å². The minimum absolute atomic E-state index is 0.0636. The van der Waals surface area contributed by atoms with Gasteiger partial charge in [0.1, 0.15) is 5.82 Å². The van der Waals surface area contributed by atoms with Crippen molar-refractivity contribution in [2.45, 2.75) is 45.4 Å². The van der Waals surface area contributed by atoms with Gasteiger partial charge in [-0.1, -0.05) is 17.8 Å². The molecular formula is C20H22FN5O3S. The van der Waals surface area contributed by atoms with E-state index in [1.54, 1.807) is 30.5 Å². The van der Waals surface area contributed by atoms with Crippen LogP contribution in [0.25, 0.3) is 5.78 Å². The normalized spacial score (nSPS) is 12.1. The molecule has 1 aromatic carbocycles. The van der Waals surface area contributed by atoms with E-state index in [-0.39, 0.29) is 6.42 Å². The molecule has 2 aromatic heterocycles. The first-order chi connectivity index (χ1) is 14.2. The second-order valence-electron chi connectivity index (χ2n) is 6.83. The molecule has 0 aliphatic rings. The lowest BCUT2D eigenvalue weighted by Gasteiger charge is -2.15. The quantitative estimate of drug-likeness (QED) is 0.473. The number of carbonyl (C=O) groups excluding carboxylic acids is 2. The number of thioether (sulfide) groups is 1. The highest BCUT2D eigenvalue weighted by atomic mass is 32.2. The van der Waals surface area contributed by atoms with E-state index in [0.29, 0.717) is 33.4 Å². The lowest BCUT2D eigenvalue weighted by molar-refractivity contribution is -0.152. The Kier molecular flexibility index (Phi) is 6.35. The molecule has 10 heteroatoms. The predicted octanol–water partition coefficient (Wildman–Crippen LogP) is 3.02. The van der Waals surface area contributed by atoms with Crippen LogP contribution in [0.2, 0.25) is 0 Å². The first-order valence-electron chi connectivity index (χ1n) is 9.23. The maximum absolute atomic E-state index is 13.6. The van der Waals surface area contributed by atoms with Crippen molar-refractivity contribution in [3.8, 4) is 0 Å². The molecule has 1 amide bonds. The Morgan fingerprint density at radius 1 is 1.27 bits per heavy atom. The molecule has 3 rings (SSSR count). The van der Waals surface area contributed by atoms with E-state index in [1.807, 2.05) is 13.2 Å². The molecule has 0 saturated carbocycles. The number of rotatable bonds is 6. The topological polar surface area (TPSA) is 98.5 Å². The molecule has 1 N–H and O–H groups in total. The first-order valence-corrected chi connectivity index (χ1v) is 10.5. The van der Waals surface area contributed by atoms with Gasteiger partial charge in [-0.25, -0.2) is 13.9 Å². The number of nitrogens with one attached hydrogen (secondary N) is 1. The largest absolute Gasteiger partial charge is 0.452 e. The third kappa shape index (κ3) is 4.59. The van der Waals surface area contributed by atoms with E-state index in [2.05, 4.69) is 20.4 Å². The molecule has 3 aromatic rings. The lowest BCUT2D eigenvalue weighted by Crippen LogP contribution is -2.30. The minimum Gasteiger partial charge on any atom is -0.452 e. The number of hydrogen-bond donors (Lipinski definition) is 1. The number of aryl methyl sites for hydroxylation is 3. The number of fused-ring (bicyclic) bond motifs is 1. The second kappa shape index (κ2) is 8.78. The Hall–Kier alpha value is -3.01. The Balaban J connectivity index is 1.68. The molecule has 0 aliphatic carbocycles. The highest BCUT2D eigenvalue weighted by Crippen LogP contribution is 2.18. The van der Waals surface area contributed by atoms with Gasteiger partial charge >= 0.3 is 5.97 Å². The number of halogens is 1. The van der Waals surface area contributed by atoms with Crippen LogP contribution >= 0.6 is 11.8 Å². The molecule has 0 spiro atoms. The molecule has 0 saturated heterocycles. The van der Waals surface area contributed by atoms with Crippen LogP contribution in [0.3, 0.4) is 0 Å². The summed E-state index contributed by atoms with van der Waals surface area (Å²) >= 11 is 1.40. The summed E-state index contributed by atoms with van der Waals surface area (Å²) in [7, 11) is 0. The number of aromatic nitrogens is 4. The van der Waals surface area contributed by atoms with Gasteiger partial charge in [-0.05, 0) is 51.6 Å². The molecule has 8 nitrogen and oxygen atoms in total. The third-order valence-corrected chi connectivity index (χ3v) is 5.19. The molecule has 0 fully saturated rings. The summed E-state index contributed by atoms with van der Waals surface area (Å²) in [6.45, 7) is 6.69. The first kappa shape index (κ1) is 21.7. The van der Waals surface area contributed by atoms with Crippen molar-refractivity contribution in [1.29, 1.82) is 0 Å². The van der Waals surface area contributed by atoms with Gasteiger partial charge < -0.3 is 10.1 Å². The van der Waals surface area contributed by atoms with Crippen LogP contribution in [-0.2, 0) is 20.7 Å². The van der Waals surface area contributed by atoms with Gasteiger partial charge in [0, 0.05) is 22.6 Å². The van der Waals surface area contributed by atoms with E-state index in [4.69, 9.17) is 4.74 Å². The Bertz CT molecular complexity index is 1130. The summed E-state index contributed by atoms with van der Waals surface area (Å²) in [4.78, 5) is 33.4. The number of anilines is 1. The van der Waals surface area contributed by atoms with Crippen LogP contribution in [0, 0.1) is 26.6 Å². The van der Waals surface area contributed by atoms with E-state index in [0.717, 1.165) is 5.69 Å². The Morgan fingerprint density at radius 3 is 2.67 bits per heavy atom. The number of amides is 1. The van der Waals surface area contributed by atoms with Crippen LogP contribution in [0.4, 0.5) is 10.1 Å². The highest BCUT2D eigenvalue weighted by Gasteiger charge is 2.21. The Morgan fingerprint density at radius 2 is 2.00 bits per heavy atom. The van der Waals surface area contributed by atoms with Gasteiger partial charge in [0.25, 0.3) is 11.7 Å². The maximum atomic E-state index is 13.6. The average Bonchev–Trinajstić information content (AvgIpc) is 3.11. The summed E-state index contributed by atoms with van der Waals surface area (Å²) < 4.78 is 20.5. The third-order valence-electron chi connectivity index (χ3n) is 4.65. The fraction of sp³-hybridized carbons (Fsp3) is 0.350. The number of esters is 1. The van der Waals surface area contributed by atoms with Crippen molar-refractivity contribution in [2.24, 2.45) is 0 Å². The van der Waals surface area contributed by atoms with Gasteiger partial charge in [0.05, 0.1) is 6.42 Å². The predicted molar refractivity (Wildman–Crippen MR) is 111 cm³/mol. The second-order valence-corrected chi connectivity index (χ2v) is 7.61. The van der Waals surface area contributed by atoms with Crippen molar-refractivity contribution in [2.75, 3.05) is 11.6 Å². The summed E-state index contributed by atoms with van der Waals surface area (Å²) in [6.07, 6.45) is 0.757. The molecule has 0 bridgehead atoms. The van der Waals surface area contributed by atoms with Crippen molar-refractivity contribution < 1.29 is 18.7 Å². The molecule has 2 heterocycles. The maximum Gasteiger partial charge on any atom is 0.311 e. The molecule has 1 unspecified atom stereocenters. The molecule has 158 valence electrons. The smallest absolute Gasteiger partial charge is 0.311 e.